The highest BCUT2D eigenvalue weighted by molar-refractivity contribution is 5.92. The second-order valence-electron chi connectivity index (χ2n) is 4.70. The van der Waals surface area contributed by atoms with Crippen LogP contribution in [-0.2, 0) is 11.3 Å². The summed E-state index contributed by atoms with van der Waals surface area (Å²) in [6.45, 7) is 3.87. The first kappa shape index (κ1) is 15.8. The van der Waals surface area contributed by atoms with Crippen LogP contribution in [0.25, 0.3) is 0 Å². The molecule has 0 aliphatic rings. The van der Waals surface area contributed by atoms with Gasteiger partial charge in [0.25, 0.3) is 0 Å². The summed E-state index contributed by atoms with van der Waals surface area (Å²) in [6.07, 6.45) is 0.549. The van der Waals surface area contributed by atoms with E-state index in [2.05, 4.69) is 6.58 Å². The molecule has 0 amide bonds. The molecule has 0 radical (unpaired) electrons. The summed E-state index contributed by atoms with van der Waals surface area (Å²) in [5.41, 5.74) is 1.83. The minimum Gasteiger partial charge on any atom is -0.488 e. The van der Waals surface area contributed by atoms with Gasteiger partial charge in [0, 0.05) is 0 Å². The van der Waals surface area contributed by atoms with Crippen molar-refractivity contribution < 1.29 is 19.4 Å². The van der Waals surface area contributed by atoms with Crippen LogP contribution in [-0.4, -0.2) is 18.2 Å². The van der Waals surface area contributed by atoms with Crippen LogP contribution >= 0.6 is 0 Å². The van der Waals surface area contributed by atoms with Gasteiger partial charge >= 0.3 is 5.97 Å². The van der Waals surface area contributed by atoms with Gasteiger partial charge < -0.3 is 14.6 Å². The van der Waals surface area contributed by atoms with E-state index in [1.165, 1.54) is 13.2 Å². The summed E-state index contributed by atoms with van der Waals surface area (Å²) < 4.78 is 10.5. The van der Waals surface area contributed by atoms with E-state index in [4.69, 9.17) is 9.47 Å². The van der Waals surface area contributed by atoms with E-state index in [1.807, 2.05) is 30.3 Å². The summed E-state index contributed by atoms with van der Waals surface area (Å²) >= 11 is 0. The highest BCUT2D eigenvalue weighted by Gasteiger charge is 2.16. The van der Waals surface area contributed by atoms with Crippen LogP contribution in [0.1, 0.15) is 27.6 Å². The van der Waals surface area contributed by atoms with Crippen LogP contribution in [0.2, 0.25) is 0 Å². The van der Waals surface area contributed by atoms with Crippen molar-refractivity contribution in [3.8, 4) is 5.75 Å². The molecule has 2 rings (SSSR count). The lowest BCUT2D eigenvalue weighted by Gasteiger charge is -2.13. The fourth-order valence-electron chi connectivity index (χ4n) is 2.00. The van der Waals surface area contributed by atoms with Crippen molar-refractivity contribution in [3.63, 3.8) is 0 Å². The lowest BCUT2D eigenvalue weighted by atomic mass is 10.0. The van der Waals surface area contributed by atoms with Gasteiger partial charge in [0.05, 0.1) is 13.2 Å². The van der Waals surface area contributed by atoms with E-state index in [0.29, 0.717) is 17.9 Å². The minimum absolute atomic E-state index is 0.275. The molecule has 0 aliphatic carbocycles. The summed E-state index contributed by atoms with van der Waals surface area (Å²) in [5.74, 6) is -0.100. The number of benzene rings is 2. The zero-order valence-corrected chi connectivity index (χ0v) is 12.4. The largest absolute Gasteiger partial charge is 0.488 e. The number of ether oxygens (including phenoxy) is 2. The van der Waals surface area contributed by atoms with E-state index >= 15 is 0 Å². The first-order chi connectivity index (χ1) is 10.7. The smallest absolute Gasteiger partial charge is 0.341 e. The molecule has 1 unspecified atom stereocenters. The molecular formula is C18H18O4. The molecule has 0 saturated carbocycles. The van der Waals surface area contributed by atoms with Crippen molar-refractivity contribution in [1.29, 1.82) is 0 Å². The minimum atomic E-state index is -0.841. The molecule has 0 heterocycles. The molecule has 4 heteroatoms. The molecule has 0 bridgehead atoms. The molecule has 22 heavy (non-hydrogen) atoms. The highest BCUT2D eigenvalue weighted by atomic mass is 16.5. The van der Waals surface area contributed by atoms with Crippen LogP contribution in [0.15, 0.2) is 61.2 Å². The lowest BCUT2D eigenvalue weighted by Crippen LogP contribution is -2.07. The summed E-state index contributed by atoms with van der Waals surface area (Å²) in [7, 11) is 1.31. The van der Waals surface area contributed by atoms with E-state index in [-0.39, 0.29) is 5.56 Å². The topological polar surface area (TPSA) is 55.8 Å². The monoisotopic (exact) mass is 298 g/mol. The van der Waals surface area contributed by atoms with Gasteiger partial charge in [0.1, 0.15) is 17.9 Å². The molecule has 114 valence electrons. The number of esters is 1. The second kappa shape index (κ2) is 7.43. The number of carbonyl (C=O) groups is 1. The molecule has 1 N–H and O–H groups in total. The lowest BCUT2D eigenvalue weighted by molar-refractivity contribution is 0.0595. The fraction of sp³-hybridized carbons (Fsp3) is 0.167. The Labute approximate surface area is 129 Å². The SMILES string of the molecule is C=CC(O)c1ccc(OCc2ccccc2)c(C(=O)OC)c1. The Kier molecular flexibility index (Phi) is 5.33. The highest BCUT2D eigenvalue weighted by Crippen LogP contribution is 2.25. The Balaban J connectivity index is 2.25. The molecule has 2 aromatic rings. The predicted molar refractivity (Wildman–Crippen MR) is 83.7 cm³/mol. The van der Waals surface area contributed by atoms with Crippen LogP contribution in [0.4, 0.5) is 0 Å². The van der Waals surface area contributed by atoms with Gasteiger partial charge in [-0.05, 0) is 23.3 Å². The normalized spacial score (nSPS) is 11.5. The number of hydrogen-bond donors (Lipinski definition) is 1. The number of aliphatic hydroxyl groups excluding tert-OH is 1. The van der Waals surface area contributed by atoms with Gasteiger partial charge in [-0.25, -0.2) is 4.79 Å². The third-order valence-electron chi connectivity index (χ3n) is 3.21. The van der Waals surface area contributed by atoms with Gasteiger partial charge in [-0.1, -0.05) is 42.5 Å². The number of aliphatic hydroxyl groups is 1. The Bertz CT molecular complexity index is 649. The number of methoxy groups -OCH3 is 1. The molecule has 1 atom stereocenters. The fourth-order valence-corrected chi connectivity index (χ4v) is 2.00. The van der Waals surface area contributed by atoms with Crippen molar-refractivity contribution in [2.75, 3.05) is 7.11 Å². The summed E-state index contributed by atoms with van der Waals surface area (Å²) in [5, 5.41) is 9.80. The van der Waals surface area contributed by atoms with Crippen LogP contribution in [0.5, 0.6) is 5.75 Å². The number of rotatable bonds is 6. The molecular weight excluding hydrogens is 280 g/mol. The van der Waals surface area contributed by atoms with E-state index < -0.39 is 12.1 Å². The maximum absolute atomic E-state index is 11.9. The van der Waals surface area contributed by atoms with Crippen LogP contribution < -0.4 is 4.74 Å². The zero-order valence-electron chi connectivity index (χ0n) is 12.4. The Morgan fingerprint density at radius 1 is 1.27 bits per heavy atom. The van der Waals surface area contributed by atoms with Crippen molar-refractivity contribution >= 4 is 5.97 Å². The Morgan fingerprint density at radius 3 is 2.64 bits per heavy atom. The third kappa shape index (κ3) is 3.74. The third-order valence-corrected chi connectivity index (χ3v) is 3.21. The van der Waals surface area contributed by atoms with Crippen molar-refractivity contribution in [1.82, 2.24) is 0 Å². The van der Waals surface area contributed by atoms with E-state index in [1.54, 1.807) is 18.2 Å². The average molecular weight is 298 g/mol. The van der Waals surface area contributed by atoms with Crippen LogP contribution in [0.3, 0.4) is 0 Å². The van der Waals surface area contributed by atoms with Crippen molar-refractivity contribution in [3.05, 3.63) is 77.9 Å². The zero-order chi connectivity index (χ0) is 15.9. The van der Waals surface area contributed by atoms with Gasteiger partial charge in [-0.2, -0.15) is 0 Å². The quantitative estimate of drug-likeness (QED) is 0.657. The van der Waals surface area contributed by atoms with E-state index in [0.717, 1.165) is 5.56 Å². The predicted octanol–water partition coefficient (Wildman–Crippen LogP) is 3.27. The number of hydrogen-bond acceptors (Lipinski definition) is 4. The first-order valence-electron chi connectivity index (χ1n) is 6.85. The summed E-state index contributed by atoms with van der Waals surface area (Å²) in [4.78, 5) is 11.9. The van der Waals surface area contributed by atoms with Gasteiger partial charge in [-0.3, -0.25) is 0 Å². The summed E-state index contributed by atoms with van der Waals surface area (Å²) in [6, 6.07) is 14.5. The Hall–Kier alpha value is -2.59. The van der Waals surface area contributed by atoms with E-state index in [9.17, 15) is 9.90 Å². The second-order valence-corrected chi connectivity index (χ2v) is 4.70. The molecule has 0 aliphatic heterocycles. The van der Waals surface area contributed by atoms with Gasteiger partial charge in [0.2, 0.25) is 0 Å². The van der Waals surface area contributed by atoms with Gasteiger partial charge in [-0.15, -0.1) is 6.58 Å². The first-order valence-corrected chi connectivity index (χ1v) is 6.85. The maximum Gasteiger partial charge on any atom is 0.341 e. The standard InChI is InChI=1S/C18H18O4/c1-3-16(19)14-9-10-17(15(11-14)18(20)21-2)22-12-13-7-5-4-6-8-13/h3-11,16,19H,1,12H2,2H3. The molecule has 0 fully saturated rings. The van der Waals surface area contributed by atoms with Crippen molar-refractivity contribution in [2.24, 2.45) is 0 Å². The average Bonchev–Trinajstić information content (AvgIpc) is 2.59. The molecule has 4 nitrogen and oxygen atoms in total. The van der Waals surface area contributed by atoms with Crippen LogP contribution in [0, 0.1) is 0 Å². The Morgan fingerprint density at radius 2 is 2.00 bits per heavy atom. The molecule has 0 aromatic heterocycles. The van der Waals surface area contributed by atoms with Gasteiger partial charge in [0.15, 0.2) is 0 Å². The molecule has 2 aromatic carbocycles. The molecule has 0 spiro atoms. The van der Waals surface area contributed by atoms with Crippen molar-refractivity contribution in [2.45, 2.75) is 12.7 Å². The molecule has 0 saturated heterocycles. The maximum atomic E-state index is 11.9. The number of carbonyl (C=O) groups excluding carboxylic acids is 1.